The van der Waals surface area contributed by atoms with E-state index in [1.807, 2.05) is 49.2 Å². The lowest BCUT2D eigenvalue weighted by molar-refractivity contribution is 0.415. The molecule has 0 amide bonds. The van der Waals surface area contributed by atoms with Gasteiger partial charge in [0.05, 0.1) is 36.9 Å². The summed E-state index contributed by atoms with van der Waals surface area (Å²) in [5.41, 5.74) is 6.13. The summed E-state index contributed by atoms with van der Waals surface area (Å²) in [5, 5.41) is 8.10. The first-order valence-electron chi connectivity index (χ1n) is 8.61. The number of anilines is 1. The second-order valence-corrected chi connectivity index (χ2v) is 6.46. The van der Waals surface area contributed by atoms with Crippen LogP contribution in [-0.4, -0.2) is 26.4 Å². The van der Waals surface area contributed by atoms with Gasteiger partial charge in [-0.1, -0.05) is 0 Å². The van der Waals surface area contributed by atoms with Crippen LogP contribution in [0.4, 0.5) is 5.95 Å². The van der Waals surface area contributed by atoms with Crippen LogP contribution in [0.5, 0.6) is 5.75 Å². The van der Waals surface area contributed by atoms with Gasteiger partial charge in [-0.05, 0) is 49.1 Å². The zero-order valence-electron chi connectivity index (χ0n) is 14.9. The van der Waals surface area contributed by atoms with Crippen LogP contribution in [-0.2, 0) is 33.5 Å². The maximum Gasteiger partial charge on any atom is 0.203 e. The fraction of sp³-hybridized carbons (Fsp3) is 0.368. The molecule has 25 heavy (non-hydrogen) atoms. The molecule has 0 atom stereocenters. The Kier molecular flexibility index (Phi) is 3.95. The monoisotopic (exact) mass is 337 g/mol. The molecule has 1 aliphatic rings. The summed E-state index contributed by atoms with van der Waals surface area (Å²) >= 11 is 0. The number of fused-ring (bicyclic) bond motifs is 1. The lowest BCUT2D eigenvalue weighted by Crippen LogP contribution is -2.10. The number of nitrogens with zero attached hydrogens (tertiary/aromatic N) is 4. The van der Waals surface area contributed by atoms with Gasteiger partial charge in [0.1, 0.15) is 5.75 Å². The van der Waals surface area contributed by atoms with Crippen molar-refractivity contribution in [2.45, 2.75) is 25.8 Å². The Morgan fingerprint density at radius 2 is 1.96 bits per heavy atom. The van der Waals surface area contributed by atoms with Gasteiger partial charge in [0.2, 0.25) is 5.95 Å². The molecule has 0 fully saturated rings. The topological polar surface area (TPSA) is 56.9 Å². The number of benzene rings is 1. The first kappa shape index (κ1) is 15.7. The van der Waals surface area contributed by atoms with Crippen molar-refractivity contribution >= 4 is 5.95 Å². The van der Waals surface area contributed by atoms with Crippen LogP contribution in [0.25, 0.3) is 11.3 Å². The van der Waals surface area contributed by atoms with E-state index in [-0.39, 0.29) is 0 Å². The van der Waals surface area contributed by atoms with E-state index in [1.54, 1.807) is 7.11 Å². The van der Waals surface area contributed by atoms with E-state index in [1.165, 1.54) is 23.4 Å². The van der Waals surface area contributed by atoms with Crippen molar-refractivity contribution in [3.05, 3.63) is 47.4 Å². The van der Waals surface area contributed by atoms with Gasteiger partial charge in [-0.3, -0.25) is 4.68 Å². The van der Waals surface area contributed by atoms with Gasteiger partial charge >= 0.3 is 0 Å². The maximum atomic E-state index is 5.23. The average Bonchev–Trinajstić information content (AvgIpc) is 3.29. The normalized spacial score (nSPS) is 13.1. The van der Waals surface area contributed by atoms with E-state index in [2.05, 4.69) is 20.0 Å². The number of hydrogen-bond donors (Lipinski definition) is 1. The minimum Gasteiger partial charge on any atom is -0.497 e. The molecule has 1 aromatic carbocycles. The van der Waals surface area contributed by atoms with Gasteiger partial charge in [-0.25, -0.2) is 4.98 Å². The fourth-order valence-electron chi connectivity index (χ4n) is 3.57. The molecule has 0 saturated carbocycles. The van der Waals surface area contributed by atoms with E-state index < -0.39 is 0 Å². The van der Waals surface area contributed by atoms with Crippen LogP contribution in [0.1, 0.15) is 23.4 Å². The second kappa shape index (κ2) is 6.27. The summed E-state index contributed by atoms with van der Waals surface area (Å²) in [6.07, 6.45) is 5.36. The summed E-state index contributed by atoms with van der Waals surface area (Å²) in [7, 11) is 5.73. The molecular weight excluding hydrogens is 314 g/mol. The fourth-order valence-corrected chi connectivity index (χ4v) is 3.57. The molecule has 4 rings (SSSR count). The largest absolute Gasteiger partial charge is 0.497 e. The Balaban J connectivity index is 1.53. The molecular formula is C19H23N5O. The van der Waals surface area contributed by atoms with Crippen molar-refractivity contribution in [2.24, 2.45) is 14.1 Å². The molecule has 2 aromatic heterocycles. The van der Waals surface area contributed by atoms with E-state index in [0.29, 0.717) is 0 Å². The quantitative estimate of drug-likeness (QED) is 0.778. The first-order chi connectivity index (χ1) is 12.2. The van der Waals surface area contributed by atoms with Gasteiger partial charge in [-0.2, -0.15) is 5.10 Å². The van der Waals surface area contributed by atoms with E-state index >= 15 is 0 Å². The van der Waals surface area contributed by atoms with Crippen molar-refractivity contribution in [1.82, 2.24) is 19.3 Å². The zero-order valence-corrected chi connectivity index (χ0v) is 14.9. The molecule has 0 unspecified atom stereocenters. The molecule has 0 bridgehead atoms. The molecule has 130 valence electrons. The van der Waals surface area contributed by atoms with Crippen LogP contribution < -0.4 is 10.1 Å². The number of imidazole rings is 1. The summed E-state index contributed by atoms with van der Waals surface area (Å²) < 4.78 is 9.31. The average molecular weight is 337 g/mol. The standard InChI is InChI=1S/C19H23N5O/c1-23-17(13-7-9-14(25-3)10-8-13)11-20-19(23)21-12-18-15-5-4-6-16(15)22-24(18)2/h7-11H,4-6,12H2,1-3H3,(H,20,21). The molecule has 0 radical (unpaired) electrons. The number of aryl methyl sites for hydroxylation is 2. The van der Waals surface area contributed by atoms with Crippen molar-refractivity contribution in [1.29, 1.82) is 0 Å². The van der Waals surface area contributed by atoms with Crippen LogP contribution in [0.2, 0.25) is 0 Å². The number of rotatable bonds is 5. The summed E-state index contributed by atoms with van der Waals surface area (Å²) in [6.45, 7) is 0.742. The number of ether oxygens (including phenoxy) is 1. The predicted molar refractivity (Wildman–Crippen MR) is 97.8 cm³/mol. The van der Waals surface area contributed by atoms with Gasteiger partial charge < -0.3 is 14.6 Å². The first-order valence-corrected chi connectivity index (χ1v) is 8.61. The Labute approximate surface area is 147 Å². The molecule has 6 heteroatoms. The van der Waals surface area contributed by atoms with E-state index in [0.717, 1.165) is 42.3 Å². The Hall–Kier alpha value is -2.76. The molecule has 0 aliphatic heterocycles. The molecule has 6 nitrogen and oxygen atoms in total. The third kappa shape index (κ3) is 2.77. The van der Waals surface area contributed by atoms with Crippen LogP contribution >= 0.6 is 0 Å². The maximum absolute atomic E-state index is 5.23. The molecule has 1 N–H and O–H groups in total. The Morgan fingerprint density at radius 1 is 1.16 bits per heavy atom. The number of methoxy groups -OCH3 is 1. The van der Waals surface area contributed by atoms with Gasteiger partial charge in [0, 0.05) is 19.7 Å². The molecule has 3 aromatic rings. The van der Waals surface area contributed by atoms with Crippen molar-refractivity contribution in [3.63, 3.8) is 0 Å². The highest BCUT2D eigenvalue weighted by Gasteiger charge is 2.20. The molecule has 0 spiro atoms. The third-order valence-corrected chi connectivity index (χ3v) is 4.99. The lowest BCUT2D eigenvalue weighted by Gasteiger charge is -2.10. The van der Waals surface area contributed by atoms with Crippen LogP contribution in [0, 0.1) is 0 Å². The number of hydrogen-bond acceptors (Lipinski definition) is 4. The van der Waals surface area contributed by atoms with Crippen LogP contribution in [0.15, 0.2) is 30.5 Å². The minimum absolute atomic E-state index is 0.742. The van der Waals surface area contributed by atoms with E-state index in [9.17, 15) is 0 Å². The van der Waals surface area contributed by atoms with Crippen molar-refractivity contribution in [3.8, 4) is 17.0 Å². The second-order valence-electron chi connectivity index (χ2n) is 6.46. The highest BCUT2D eigenvalue weighted by Crippen LogP contribution is 2.26. The number of nitrogens with one attached hydrogen (secondary N) is 1. The third-order valence-electron chi connectivity index (χ3n) is 4.99. The van der Waals surface area contributed by atoms with Crippen molar-refractivity contribution < 1.29 is 4.74 Å². The van der Waals surface area contributed by atoms with Gasteiger partial charge in [0.15, 0.2) is 0 Å². The predicted octanol–water partition coefficient (Wildman–Crippen LogP) is 2.93. The van der Waals surface area contributed by atoms with Gasteiger partial charge in [-0.15, -0.1) is 0 Å². The number of aromatic nitrogens is 4. The van der Waals surface area contributed by atoms with Crippen LogP contribution in [0.3, 0.4) is 0 Å². The molecule has 1 aliphatic carbocycles. The zero-order chi connectivity index (χ0) is 17.4. The lowest BCUT2D eigenvalue weighted by atomic mass is 10.1. The smallest absolute Gasteiger partial charge is 0.203 e. The SMILES string of the molecule is COc1ccc(-c2cnc(NCc3c4c(nn3C)CCC4)n2C)cc1. The Bertz CT molecular complexity index is 891. The van der Waals surface area contributed by atoms with Crippen molar-refractivity contribution in [2.75, 3.05) is 12.4 Å². The highest BCUT2D eigenvalue weighted by atomic mass is 16.5. The molecule has 2 heterocycles. The summed E-state index contributed by atoms with van der Waals surface area (Å²) in [4.78, 5) is 4.55. The Morgan fingerprint density at radius 3 is 2.72 bits per heavy atom. The highest BCUT2D eigenvalue weighted by molar-refractivity contribution is 5.62. The summed E-state index contributed by atoms with van der Waals surface area (Å²) in [6, 6.07) is 8.03. The van der Waals surface area contributed by atoms with Gasteiger partial charge in [0.25, 0.3) is 0 Å². The molecule has 0 saturated heterocycles. The summed E-state index contributed by atoms with van der Waals surface area (Å²) in [5.74, 6) is 1.72. The minimum atomic E-state index is 0.742. The van der Waals surface area contributed by atoms with E-state index in [4.69, 9.17) is 4.74 Å².